The second-order valence-electron chi connectivity index (χ2n) is 5.20. The molecule has 2 nitrogen and oxygen atoms in total. The van der Waals surface area contributed by atoms with Gasteiger partial charge < -0.3 is 5.32 Å². The smallest absolute Gasteiger partial charge is 0.0306 e. The summed E-state index contributed by atoms with van der Waals surface area (Å²) >= 11 is 0. The lowest BCUT2D eigenvalue weighted by Gasteiger charge is -2.44. The minimum atomic E-state index is 0.210. The molecular weight excluding hydrogens is 208 g/mol. The van der Waals surface area contributed by atoms with Gasteiger partial charge >= 0.3 is 0 Å². The lowest BCUT2D eigenvalue weighted by atomic mass is 9.88. The number of allylic oxidation sites excluding steroid dienone is 1. The highest BCUT2D eigenvalue weighted by atomic mass is 15.2. The number of hydrogen-bond donors (Lipinski definition) is 1. The first-order chi connectivity index (χ1) is 8.04. The Morgan fingerprint density at radius 1 is 1.24 bits per heavy atom. The monoisotopic (exact) mass is 240 g/mol. The van der Waals surface area contributed by atoms with Crippen molar-refractivity contribution < 1.29 is 0 Å². The molecule has 0 aromatic rings. The van der Waals surface area contributed by atoms with Gasteiger partial charge in [-0.1, -0.05) is 26.8 Å². The Labute approximate surface area is 108 Å². The third-order valence-electron chi connectivity index (χ3n) is 3.73. The highest BCUT2D eigenvalue weighted by Crippen LogP contribution is 2.22. The number of rotatable bonds is 10. The van der Waals surface area contributed by atoms with Gasteiger partial charge in [-0.05, 0) is 52.7 Å². The summed E-state index contributed by atoms with van der Waals surface area (Å²) in [5, 5.41) is 3.70. The van der Waals surface area contributed by atoms with Crippen molar-refractivity contribution in [3.8, 4) is 0 Å². The second-order valence-corrected chi connectivity index (χ2v) is 5.20. The Bertz CT molecular complexity index is 195. The summed E-state index contributed by atoms with van der Waals surface area (Å²) in [5.74, 6) is 0. The van der Waals surface area contributed by atoms with E-state index in [1.54, 1.807) is 0 Å². The number of nitrogens with zero attached hydrogens (tertiary/aromatic N) is 1. The molecule has 0 aliphatic rings. The standard InChI is InChI=1S/C15H32N2/c1-7-11-12-14(16-13-8-2)15(5,6)17(9-3)10-4/h7,14,16H,1,8-13H2,2-6H3. The summed E-state index contributed by atoms with van der Waals surface area (Å²) in [7, 11) is 0. The largest absolute Gasteiger partial charge is 0.312 e. The van der Waals surface area contributed by atoms with Crippen molar-refractivity contribution in [1.82, 2.24) is 10.2 Å². The fourth-order valence-electron chi connectivity index (χ4n) is 2.57. The molecule has 0 bridgehead atoms. The third kappa shape index (κ3) is 5.22. The van der Waals surface area contributed by atoms with E-state index in [9.17, 15) is 0 Å². The quantitative estimate of drug-likeness (QED) is 0.588. The predicted octanol–water partition coefficient (Wildman–Crippen LogP) is 3.44. The lowest BCUT2D eigenvalue weighted by molar-refractivity contribution is 0.0879. The van der Waals surface area contributed by atoms with E-state index in [1.165, 1.54) is 12.8 Å². The Morgan fingerprint density at radius 2 is 1.82 bits per heavy atom. The molecule has 0 rings (SSSR count). The van der Waals surface area contributed by atoms with Gasteiger partial charge in [-0.25, -0.2) is 0 Å². The van der Waals surface area contributed by atoms with E-state index in [1.807, 2.05) is 6.08 Å². The van der Waals surface area contributed by atoms with E-state index >= 15 is 0 Å². The maximum absolute atomic E-state index is 3.84. The van der Waals surface area contributed by atoms with Crippen LogP contribution in [0.15, 0.2) is 12.7 Å². The first-order valence-corrected chi connectivity index (χ1v) is 7.13. The van der Waals surface area contributed by atoms with E-state index in [4.69, 9.17) is 0 Å². The van der Waals surface area contributed by atoms with Gasteiger partial charge in [0.05, 0.1) is 0 Å². The first kappa shape index (κ1) is 16.7. The number of hydrogen-bond acceptors (Lipinski definition) is 2. The van der Waals surface area contributed by atoms with Gasteiger partial charge in [-0.2, -0.15) is 0 Å². The van der Waals surface area contributed by atoms with E-state index in [0.29, 0.717) is 6.04 Å². The third-order valence-corrected chi connectivity index (χ3v) is 3.73. The molecule has 0 saturated heterocycles. The molecule has 0 aliphatic carbocycles. The molecule has 1 unspecified atom stereocenters. The lowest BCUT2D eigenvalue weighted by Crippen LogP contribution is -2.57. The molecule has 0 aromatic carbocycles. The molecule has 17 heavy (non-hydrogen) atoms. The maximum Gasteiger partial charge on any atom is 0.0306 e. The van der Waals surface area contributed by atoms with Crippen molar-refractivity contribution in [2.24, 2.45) is 0 Å². The van der Waals surface area contributed by atoms with Crippen molar-refractivity contribution >= 4 is 0 Å². The summed E-state index contributed by atoms with van der Waals surface area (Å²) in [6, 6.07) is 0.542. The molecule has 0 spiro atoms. The Kier molecular flexibility index (Phi) is 8.53. The fourth-order valence-corrected chi connectivity index (χ4v) is 2.57. The van der Waals surface area contributed by atoms with Crippen LogP contribution in [0.4, 0.5) is 0 Å². The van der Waals surface area contributed by atoms with Crippen LogP contribution >= 0.6 is 0 Å². The molecule has 0 fully saturated rings. The minimum Gasteiger partial charge on any atom is -0.312 e. The Hall–Kier alpha value is -0.340. The molecular formula is C15H32N2. The summed E-state index contributed by atoms with van der Waals surface area (Å²) in [6.45, 7) is 18.6. The zero-order valence-electron chi connectivity index (χ0n) is 12.6. The molecule has 102 valence electrons. The molecule has 2 heteroatoms. The van der Waals surface area contributed by atoms with Gasteiger partial charge in [0.15, 0.2) is 0 Å². The summed E-state index contributed by atoms with van der Waals surface area (Å²) in [4.78, 5) is 2.55. The molecule has 1 N–H and O–H groups in total. The van der Waals surface area contributed by atoms with Crippen LogP contribution < -0.4 is 5.32 Å². The van der Waals surface area contributed by atoms with Gasteiger partial charge in [0.2, 0.25) is 0 Å². The molecule has 0 amide bonds. The zero-order chi connectivity index (χ0) is 13.3. The highest BCUT2D eigenvalue weighted by molar-refractivity contribution is 4.94. The topological polar surface area (TPSA) is 15.3 Å². The highest BCUT2D eigenvalue weighted by Gasteiger charge is 2.32. The summed E-state index contributed by atoms with van der Waals surface area (Å²) < 4.78 is 0. The van der Waals surface area contributed by atoms with Crippen molar-refractivity contribution in [3.63, 3.8) is 0 Å². The Morgan fingerprint density at radius 3 is 2.24 bits per heavy atom. The SMILES string of the molecule is C=CCCC(NCCC)C(C)(C)N(CC)CC. The van der Waals surface area contributed by atoms with E-state index in [2.05, 4.69) is 51.4 Å². The van der Waals surface area contributed by atoms with Crippen LogP contribution in [-0.2, 0) is 0 Å². The van der Waals surface area contributed by atoms with Crippen LogP contribution in [-0.4, -0.2) is 36.1 Å². The van der Waals surface area contributed by atoms with Gasteiger partial charge in [0, 0.05) is 11.6 Å². The number of nitrogens with one attached hydrogen (secondary N) is 1. The van der Waals surface area contributed by atoms with Crippen molar-refractivity contribution in [3.05, 3.63) is 12.7 Å². The van der Waals surface area contributed by atoms with Crippen molar-refractivity contribution in [2.45, 2.75) is 65.5 Å². The zero-order valence-corrected chi connectivity index (χ0v) is 12.6. The first-order valence-electron chi connectivity index (χ1n) is 7.13. The minimum absolute atomic E-state index is 0.210. The summed E-state index contributed by atoms with van der Waals surface area (Å²) in [6.07, 6.45) is 5.48. The van der Waals surface area contributed by atoms with Gasteiger partial charge in [-0.3, -0.25) is 4.90 Å². The van der Waals surface area contributed by atoms with Crippen LogP contribution in [0.1, 0.15) is 53.9 Å². The molecule has 0 radical (unpaired) electrons. The van der Waals surface area contributed by atoms with Crippen LogP contribution in [0.25, 0.3) is 0 Å². The van der Waals surface area contributed by atoms with Crippen LogP contribution in [0.3, 0.4) is 0 Å². The predicted molar refractivity (Wildman–Crippen MR) is 78.5 cm³/mol. The van der Waals surface area contributed by atoms with Gasteiger partial charge in [0.1, 0.15) is 0 Å². The molecule has 0 heterocycles. The number of likely N-dealkylation sites (N-methyl/N-ethyl adjacent to an activating group) is 1. The van der Waals surface area contributed by atoms with Crippen LogP contribution in [0.2, 0.25) is 0 Å². The average molecular weight is 240 g/mol. The molecule has 1 atom stereocenters. The molecule has 0 aliphatic heterocycles. The molecule has 0 saturated carbocycles. The van der Waals surface area contributed by atoms with Crippen molar-refractivity contribution in [2.75, 3.05) is 19.6 Å². The van der Waals surface area contributed by atoms with Gasteiger partial charge in [0.25, 0.3) is 0 Å². The summed E-state index contributed by atoms with van der Waals surface area (Å²) in [5.41, 5.74) is 0.210. The van der Waals surface area contributed by atoms with Crippen LogP contribution in [0.5, 0.6) is 0 Å². The van der Waals surface area contributed by atoms with Crippen LogP contribution in [0, 0.1) is 0 Å². The fraction of sp³-hybridized carbons (Fsp3) is 0.867. The Balaban J connectivity index is 4.65. The second kappa shape index (κ2) is 8.71. The van der Waals surface area contributed by atoms with E-state index < -0.39 is 0 Å². The van der Waals surface area contributed by atoms with Crippen molar-refractivity contribution in [1.29, 1.82) is 0 Å². The average Bonchev–Trinajstić information content (AvgIpc) is 2.30. The van der Waals surface area contributed by atoms with E-state index in [0.717, 1.165) is 26.1 Å². The normalized spacial score (nSPS) is 14.0. The molecule has 0 aromatic heterocycles. The maximum atomic E-state index is 3.84. The van der Waals surface area contributed by atoms with Gasteiger partial charge in [-0.15, -0.1) is 6.58 Å². The van der Waals surface area contributed by atoms with E-state index in [-0.39, 0.29) is 5.54 Å².